The number of aryl methyl sites for hydroxylation is 2. The van der Waals surface area contributed by atoms with Crippen LogP contribution in [0.3, 0.4) is 0 Å². The van der Waals surface area contributed by atoms with Crippen LogP contribution >= 0.6 is 0 Å². The van der Waals surface area contributed by atoms with Gasteiger partial charge in [-0.3, -0.25) is 0 Å². The average molecular weight is 339 g/mol. The van der Waals surface area contributed by atoms with Crippen molar-refractivity contribution >= 4 is 10.2 Å². The molecule has 0 aliphatic carbocycles. The highest BCUT2D eigenvalue weighted by atomic mass is 32.2. The monoisotopic (exact) mass is 339 g/mol. The molecule has 3 rings (SSSR count). The molecule has 0 radical (unpaired) electrons. The van der Waals surface area contributed by atoms with Crippen LogP contribution in [0.4, 0.5) is 0 Å². The molecule has 0 saturated carbocycles. The molecular formula is C14H21N5O3S. The highest BCUT2D eigenvalue weighted by Crippen LogP contribution is 2.35. The number of rotatable bonds is 5. The van der Waals surface area contributed by atoms with Crippen LogP contribution in [0.2, 0.25) is 0 Å². The van der Waals surface area contributed by atoms with E-state index in [1.165, 1.54) is 4.31 Å². The van der Waals surface area contributed by atoms with Gasteiger partial charge in [-0.05, 0) is 38.8 Å². The van der Waals surface area contributed by atoms with E-state index in [2.05, 4.69) is 14.9 Å². The molecule has 0 amide bonds. The minimum Gasteiger partial charge on any atom is -0.465 e. The molecule has 1 aliphatic rings. The summed E-state index contributed by atoms with van der Waals surface area (Å²) in [6, 6.07) is 2.98. The van der Waals surface area contributed by atoms with Crippen molar-refractivity contribution in [2.75, 3.05) is 6.54 Å². The zero-order valence-electron chi connectivity index (χ0n) is 13.4. The molecular weight excluding hydrogens is 318 g/mol. The fraction of sp³-hybridized carbons (Fsp3) is 0.571. The Morgan fingerprint density at radius 2 is 2.22 bits per heavy atom. The van der Waals surface area contributed by atoms with Gasteiger partial charge in [0.1, 0.15) is 17.8 Å². The number of nitrogens with one attached hydrogen (secondary N) is 1. The fourth-order valence-corrected chi connectivity index (χ4v) is 4.57. The largest absolute Gasteiger partial charge is 0.465 e. The van der Waals surface area contributed by atoms with Crippen molar-refractivity contribution in [2.45, 2.75) is 38.8 Å². The smallest absolute Gasteiger partial charge is 0.280 e. The molecule has 1 fully saturated rings. The molecule has 2 unspecified atom stereocenters. The molecule has 3 heterocycles. The molecule has 0 spiro atoms. The average Bonchev–Trinajstić information content (AvgIpc) is 3.17. The third-order valence-electron chi connectivity index (χ3n) is 4.06. The Morgan fingerprint density at radius 1 is 1.43 bits per heavy atom. The summed E-state index contributed by atoms with van der Waals surface area (Å²) in [7, 11) is -1.87. The summed E-state index contributed by atoms with van der Waals surface area (Å²) in [5, 5.41) is 7.74. The van der Waals surface area contributed by atoms with Crippen LogP contribution in [-0.2, 0) is 17.3 Å². The lowest BCUT2D eigenvalue weighted by Gasteiger charge is -2.24. The Bertz CT molecular complexity index is 782. The van der Waals surface area contributed by atoms with Gasteiger partial charge >= 0.3 is 0 Å². The molecule has 23 heavy (non-hydrogen) atoms. The number of hydrogen-bond donors (Lipinski definition) is 1. The van der Waals surface area contributed by atoms with Crippen molar-refractivity contribution in [1.82, 2.24) is 23.8 Å². The lowest BCUT2D eigenvalue weighted by Crippen LogP contribution is -2.41. The van der Waals surface area contributed by atoms with Gasteiger partial charge in [0.05, 0.1) is 12.1 Å². The van der Waals surface area contributed by atoms with Crippen molar-refractivity contribution in [3.8, 4) is 0 Å². The summed E-state index contributed by atoms with van der Waals surface area (Å²) in [6.45, 7) is 4.08. The molecule has 0 bridgehead atoms. The normalized spacial score (nSPS) is 20.9. The summed E-state index contributed by atoms with van der Waals surface area (Å²) < 4.78 is 37.0. The van der Waals surface area contributed by atoms with E-state index in [1.54, 1.807) is 24.9 Å². The molecule has 9 heteroatoms. The predicted molar refractivity (Wildman–Crippen MR) is 83.6 cm³/mol. The second kappa shape index (κ2) is 6.06. The second-order valence-electron chi connectivity index (χ2n) is 5.86. The first-order valence-corrected chi connectivity index (χ1v) is 9.02. The maximum Gasteiger partial charge on any atom is 0.280 e. The van der Waals surface area contributed by atoms with Crippen molar-refractivity contribution < 1.29 is 12.8 Å². The first kappa shape index (κ1) is 16.2. The van der Waals surface area contributed by atoms with Gasteiger partial charge in [0.2, 0.25) is 0 Å². The Hall–Kier alpha value is -1.71. The summed E-state index contributed by atoms with van der Waals surface area (Å²) in [4.78, 5) is 0. The first-order chi connectivity index (χ1) is 10.9. The van der Waals surface area contributed by atoms with E-state index >= 15 is 0 Å². The molecule has 2 aromatic heterocycles. The summed E-state index contributed by atoms with van der Waals surface area (Å²) >= 11 is 0. The fourth-order valence-electron chi connectivity index (χ4n) is 2.97. The highest BCUT2D eigenvalue weighted by molar-refractivity contribution is 7.87. The third kappa shape index (κ3) is 3.17. The standard InChI is InChI=1S/C14H21N5O3S/c1-10-6-7-13(22-10)12-5-4-8-19(12)23(20,21)17-11(2)14-16-15-9-18(14)3/h6-7,9,11-12,17H,4-5,8H2,1-3H3. The van der Waals surface area contributed by atoms with E-state index in [0.717, 1.165) is 18.6 Å². The van der Waals surface area contributed by atoms with Gasteiger partial charge in [-0.1, -0.05) is 0 Å². The zero-order valence-corrected chi connectivity index (χ0v) is 14.2. The quantitative estimate of drug-likeness (QED) is 0.890. The molecule has 2 atom stereocenters. The molecule has 0 aromatic carbocycles. The van der Waals surface area contributed by atoms with Gasteiger partial charge in [-0.25, -0.2) is 0 Å². The summed E-state index contributed by atoms with van der Waals surface area (Å²) in [6.07, 6.45) is 3.11. The SMILES string of the molecule is Cc1ccc(C2CCCN2S(=O)(=O)NC(C)c2nncn2C)o1. The van der Waals surface area contributed by atoms with E-state index in [-0.39, 0.29) is 6.04 Å². The number of aromatic nitrogens is 3. The predicted octanol–water partition coefficient (Wildman–Crippen LogP) is 1.45. The van der Waals surface area contributed by atoms with Gasteiger partial charge in [0.15, 0.2) is 5.82 Å². The lowest BCUT2D eigenvalue weighted by atomic mass is 10.2. The second-order valence-corrected chi connectivity index (χ2v) is 7.52. The van der Waals surface area contributed by atoms with Crippen LogP contribution < -0.4 is 4.72 Å². The van der Waals surface area contributed by atoms with Crippen molar-refractivity contribution in [3.05, 3.63) is 35.8 Å². The lowest BCUT2D eigenvalue weighted by molar-refractivity contribution is 0.328. The van der Waals surface area contributed by atoms with Crippen LogP contribution in [0.1, 0.15) is 49.2 Å². The molecule has 1 saturated heterocycles. The van der Waals surface area contributed by atoms with Gasteiger partial charge in [0.25, 0.3) is 10.2 Å². The van der Waals surface area contributed by atoms with Crippen LogP contribution in [0.15, 0.2) is 22.9 Å². The van der Waals surface area contributed by atoms with Crippen LogP contribution in [0, 0.1) is 6.92 Å². The van der Waals surface area contributed by atoms with E-state index in [4.69, 9.17) is 4.42 Å². The third-order valence-corrected chi connectivity index (χ3v) is 5.77. The summed E-state index contributed by atoms with van der Waals surface area (Å²) in [5.41, 5.74) is 0. The molecule has 2 aromatic rings. The highest BCUT2D eigenvalue weighted by Gasteiger charge is 2.38. The van der Waals surface area contributed by atoms with E-state index in [0.29, 0.717) is 18.1 Å². The molecule has 126 valence electrons. The van der Waals surface area contributed by atoms with Crippen molar-refractivity contribution in [2.24, 2.45) is 7.05 Å². The number of hydrogen-bond acceptors (Lipinski definition) is 5. The zero-order chi connectivity index (χ0) is 16.6. The molecule has 1 aliphatic heterocycles. The first-order valence-electron chi connectivity index (χ1n) is 7.58. The van der Waals surface area contributed by atoms with Crippen LogP contribution in [0.5, 0.6) is 0 Å². The topological polar surface area (TPSA) is 93.3 Å². The van der Waals surface area contributed by atoms with Crippen molar-refractivity contribution in [3.63, 3.8) is 0 Å². The van der Waals surface area contributed by atoms with E-state index < -0.39 is 16.3 Å². The van der Waals surface area contributed by atoms with Gasteiger partial charge < -0.3 is 8.98 Å². The van der Waals surface area contributed by atoms with Gasteiger partial charge in [0, 0.05) is 13.6 Å². The van der Waals surface area contributed by atoms with Gasteiger partial charge in [-0.2, -0.15) is 17.4 Å². The molecule has 1 N–H and O–H groups in total. The summed E-state index contributed by atoms with van der Waals surface area (Å²) in [5.74, 6) is 2.04. The van der Waals surface area contributed by atoms with E-state index in [1.807, 2.05) is 19.1 Å². The van der Waals surface area contributed by atoms with Gasteiger partial charge in [-0.15, -0.1) is 10.2 Å². The van der Waals surface area contributed by atoms with Crippen LogP contribution in [0.25, 0.3) is 0 Å². The molecule has 8 nitrogen and oxygen atoms in total. The Balaban J connectivity index is 1.80. The van der Waals surface area contributed by atoms with E-state index in [9.17, 15) is 8.42 Å². The maximum atomic E-state index is 12.8. The Labute approximate surface area is 135 Å². The van der Waals surface area contributed by atoms with Crippen molar-refractivity contribution in [1.29, 1.82) is 0 Å². The minimum absolute atomic E-state index is 0.257. The Kier molecular flexibility index (Phi) is 4.26. The maximum absolute atomic E-state index is 12.8. The number of nitrogens with zero attached hydrogens (tertiary/aromatic N) is 4. The number of furan rings is 1. The van der Waals surface area contributed by atoms with Crippen LogP contribution in [-0.4, -0.2) is 34.0 Å². The minimum atomic E-state index is -3.65. The Morgan fingerprint density at radius 3 is 2.83 bits per heavy atom.